The van der Waals surface area contributed by atoms with Crippen LogP contribution in [0.2, 0.25) is 15.1 Å². The van der Waals surface area contributed by atoms with Crippen molar-refractivity contribution < 1.29 is 9.47 Å². The first kappa shape index (κ1) is 23.7. The van der Waals surface area contributed by atoms with Crippen molar-refractivity contribution in [2.45, 2.75) is 26.5 Å². The molecular weight excluding hydrogens is 481 g/mol. The molecule has 1 heterocycles. The minimum Gasteiger partial charge on any atom is -0.490 e. The molecule has 0 atom stereocenters. The molecule has 0 saturated carbocycles. The van der Waals surface area contributed by atoms with E-state index in [1.165, 1.54) is 0 Å². The monoisotopic (exact) mass is 503 g/mol. The second kappa shape index (κ2) is 11.1. The van der Waals surface area contributed by atoms with Crippen molar-refractivity contribution in [3.05, 3.63) is 86.6 Å². The maximum Gasteiger partial charge on any atom is 0.180 e. The maximum atomic E-state index is 6.55. The highest BCUT2D eigenvalue weighted by Gasteiger charge is 2.14. The molecular formula is C25H24Cl3N3O2. The van der Waals surface area contributed by atoms with Gasteiger partial charge >= 0.3 is 0 Å². The van der Waals surface area contributed by atoms with Crippen molar-refractivity contribution in [3.63, 3.8) is 0 Å². The molecule has 5 nitrogen and oxygen atoms in total. The van der Waals surface area contributed by atoms with E-state index in [2.05, 4.69) is 15.3 Å². The number of nitrogens with one attached hydrogen (secondary N) is 2. The second-order valence-electron chi connectivity index (χ2n) is 7.49. The first-order valence-corrected chi connectivity index (χ1v) is 11.8. The zero-order chi connectivity index (χ0) is 23.2. The molecule has 8 heteroatoms. The van der Waals surface area contributed by atoms with Gasteiger partial charge in [0.15, 0.2) is 11.5 Å². The first-order chi connectivity index (χ1) is 16.0. The number of para-hydroxylation sites is 2. The molecule has 1 aromatic heterocycles. The molecule has 0 aliphatic carbocycles. The predicted molar refractivity (Wildman–Crippen MR) is 135 cm³/mol. The lowest BCUT2D eigenvalue weighted by atomic mass is 10.2. The topological polar surface area (TPSA) is 59.2 Å². The summed E-state index contributed by atoms with van der Waals surface area (Å²) in [7, 11) is 0. The smallest absolute Gasteiger partial charge is 0.180 e. The Bertz CT molecular complexity index is 1210. The molecule has 2 N–H and O–H groups in total. The highest BCUT2D eigenvalue weighted by atomic mass is 35.5. The van der Waals surface area contributed by atoms with Crippen LogP contribution in [0.25, 0.3) is 11.0 Å². The maximum absolute atomic E-state index is 6.55. The average molecular weight is 505 g/mol. The lowest BCUT2D eigenvalue weighted by molar-refractivity contribution is 0.269. The first-order valence-electron chi connectivity index (χ1n) is 10.7. The number of aromatic nitrogens is 2. The van der Waals surface area contributed by atoms with Crippen LogP contribution in [0.3, 0.4) is 0 Å². The molecule has 0 aliphatic heterocycles. The van der Waals surface area contributed by atoms with Crippen molar-refractivity contribution in [3.8, 4) is 11.5 Å². The molecule has 3 aromatic carbocycles. The van der Waals surface area contributed by atoms with E-state index >= 15 is 0 Å². The van der Waals surface area contributed by atoms with E-state index in [4.69, 9.17) is 44.3 Å². The number of halogens is 3. The molecule has 0 fully saturated rings. The number of hydrogen-bond acceptors (Lipinski definition) is 4. The second-order valence-corrected chi connectivity index (χ2v) is 8.74. The van der Waals surface area contributed by atoms with Crippen LogP contribution in [0.1, 0.15) is 23.9 Å². The Morgan fingerprint density at radius 1 is 0.970 bits per heavy atom. The Hall–Kier alpha value is -2.44. The number of rotatable bonds is 10. The van der Waals surface area contributed by atoms with Gasteiger partial charge in [-0.3, -0.25) is 0 Å². The Kier molecular flexibility index (Phi) is 7.99. The molecule has 0 aliphatic rings. The van der Waals surface area contributed by atoms with Gasteiger partial charge in [0.1, 0.15) is 12.4 Å². The van der Waals surface area contributed by atoms with Gasteiger partial charge < -0.3 is 19.8 Å². The molecule has 0 radical (unpaired) electrons. The zero-order valence-electron chi connectivity index (χ0n) is 18.1. The summed E-state index contributed by atoms with van der Waals surface area (Å²) in [5.74, 6) is 2.06. The zero-order valence-corrected chi connectivity index (χ0v) is 20.4. The SMILES string of the molecule is CCOc1cc(CNCCc2nc3ccccc3[nH]2)cc(Cl)c1OCc1ccc(Cl)cc1Cl. The van der Waals surface area contributed by atoms with Gasteiger partial charge in [-0.05, 0) is 48.9 Å². The van der Waals surface area contributed by atoms with Crippen molar-refractivity contribution in [1.29, 1.82) is 0 Å². The van der Waals surface area contributed by atoms with Crippen molar-refractivity contribution in [2.24, 2.45) is 0 Å². The molecule has 0 amide bonds. The molecule has 33 heavy (non-hydrogen) atoms. The van der Waals surface area contributed by atoms with Crippen LogP contribution >= 0.6 is 34.8 Å². The minimum atomic E-state index is 0.255. The fourth-order valence-electron chi connectivity index (χ4n) is 3.48. The molecule has 0 spiro atoms. The van der Waals surface area contributed by atoms with Crippen LogP contribution in [0.5, 0.6) is 11.5 Å². The van der Waals surface area contributed by atoms with Gasteiger partial charge in [-0.1, -0.05) is 53.0 Å². The predicted octanol–water partition coefficient (Wildman–Crippen LogP) is 6.83. The molecule has 0 bridgehead atoms. The third kappa shape index (κ3) is 6.12. The Balaban J connectivity index is 1.38. The van der Waals surface area contributed by atoms with E-state index in [1.54, 1.807) is 12.1 Å². The van der Waals surface area contributed by atoms with Gasteiger partial charge in [-0.15, -0.1) is 0 Å². The lowest BCUT2D eigenvalue weighted by Crippen LogP contribution is -2.17. The molecule has 0 saturated heterocycles. The quantitative estimate of drug-likeness (QED) is 0.232. The van der Waals surface area contributed by atoms with E-state index in [-0.39, 0.29) is 6.61 Å². The molecule has 0 unspecified atom stereocenters. The minimum absolute atomic E-state index is 0.255. The van der Waals surface area contributed by atoms with Crippen LogP contribution in [0.4, 0.5) is 0 Å². The molecule has 4 aromatic rings. The largest absolute Gasteiger partial charge is 0.490 e. The van der Waals surface area contributed by atoms with Gasteiger partial charge in [0.2, 0.25) is 0 Å². The van der Waals surface area contributed by atoms with E-state index in [0.717, 1.165) is 41.0 Å². The molecule has 172 valence electrons. The Morgan fingerprint density at radius 2 is 1.82 bits per heavy atom. The third-order valence-electron chi connectivity index (χ3n) is 5.06. The highest BCUT2D eigenvalue weighted by Crippen LogP contribution is 2.37. The van der Waals surface area contributed by atoms with E-state index in [9.17, 15) is 0 Å². The number of H-pyrrole nitrogens is 1. The standard InChI is InChI=1S/C25H24Cl3N3O2/c1-2-32-23-12-16(14-29-10-9-24-30-21-5-3-4-6-22(21)31-24)11-20(28)25(23)33-15-17-7-8-18(26)13-19(17)27/h3-8,11-13,29H,2,9-10,14-15H2,1H3,(H,30,31). The number of nitrogens with zero attached hydrogens (tertiary/aromatic N) is 1. The number of ether oxygens (including phenoxy) is 2. The average Bonchev–Trinajstić information content (AvgIpc) is 3.20. The van der Waals surface area contributed by atoms with Crippen LogP contribution in [0, 0.1) is 0 Å². The fourth-order valence-corrected chi connectivity index (χ4v) is 4.23. The number of benzene rings is 3. The Morgan fingerprint density at radius 3 is 2.61 bits per heavy atom. The lowest BCUT2D eigenvalue weighted by Gasteiger charge is -2.16. The molecule has 4 rings (SSSR count). The van der Waals surface area contributed by atoms with Crippen LogP contribution in [-0.2, 0) is 19.6 Å². The summed E-state index contributed by atoms with van der Waals surface area (Å²) in [5, 5.41) is 5.04. The van der Waals surface area contributed by atoms with Gasteiger partial charge in [0, 0.05) is 35.1 Å². The van der Waals surface area contributed by atoms with E-state index < -0.39 is 0 Å². The van der Waals surface area contributed by atoms with Crippen LogP contribution in [-0.4, -0.2) is 23.1 Å². The summed E-state index contributed by atoms with van der Waals surface area (Å²) in [5.41, 5.74) is 3.85. The van der Waals surface area contributed by atoms with Gasteiger partial charge in [0.05, 0.1) is 22.7 Å². The van der Waals surface area contributed by atoms with Crippen molar-refractivity contribution >= 4 is 45.8 Å². The highest BCUT2D eigenvalue weighted by molar-refractivity contribution is 6.35. The summed E-state index contributed by atoms with van der Waals surface area (Å²) < 4.78 is 11.8. The Labute approximate surface area is 208 Å². The summed E-state index contributed by atoms with van der Waals surface area (Å²) in [4.78, 5) is 7.95. The third-order valence-corrected chi connectivity index (χ3v) is 5.93. The summed E-state index contributed by atoms with van der Waals surface area (Å²) in [6, 6.07) is 17.1. The number of fused-ring (bicyclic) bond motifs is 1. The van der Waals surface area contributed by atoms with E-state index in [0.29, 0.717) is 39.7 Å². The summed E-state index contributed by atoms with van der Waals surface area (Å²) >= 11 is 18.8. The normalized spacial score (nSPS) is 11.2. The fraction of sp³-hybridized carbons (Fsp3) is 0.240. The summed E-state index contributed by atoms with van der Waals surface area (Å²) in [6.07, 6.45) is 0.795. The number of hydrogen-bond donors (Lipinski definition) is 2. The van der Waals surface area contributed by atoms with Gasteiger partial charge in [0.25, 0.3) is 0 Å². The number of imidazole rings is 1. The van der Waals surface area contributed by atoms with Gasteiger partial charge in [-0.2, -0.15) is 0 Å². The summed E-state index contributed by atoms with van der Waals surface area (Å²) in [6.45, 7) is 4.09. The van der Waals surface area contributed by atoms with Gasteiger partial charge in [-0.25, -0.2) is 4.98 Å². The van der Waals surface area contributed by atoms with E-state index in [1.807, 2.05) is 49.4 Å². The van der Waals surface area contributed by atoms with Crippen LogP contribution < -0.4 is 14.8 Å². The van der Waals surface area contributed by atoms with Crippen LogP contribution in [0.15, 0.2) is 54.6 Å². The van der Waals surface area contributed by atoms with Crippen molar-refractivity contribution in [1.82, 2.24) is 15.3 Å². The number of aromatic amines is 1. The van der Waals surface area contributed by atoms with Crippen molar-refractivity contribution in [2.75, 3.05) is 13.2 Å².